The molecule has 4 aromatic rings. The molecule has 2 aliphatic heterocycles. The van der Waals surface area contributed by atoms with Crippen molar-refractivity contribution in [1.29, 1.82) is 0 Å². The van der Waals surface area contributed by atoms with Crippen molar-refractivity contribution in [2.24, 2.45) is 11.8 Å². The van der Waals surface area contributed by atoms with Gasteiger partial charge < -0.3 is 44.3 Å². The van der Waals surface area contributed by atoms with Gasteiger partial charge in [0.2, 0.25) is 11.8 Å². The molecule has 288 valence electrons. The standard InChI is InChI=1S/C39H45N9O7/c1-22(2)30(45-38(51)53-5)36(49)47-17-7-9-28(47)34-40-19-26(43-34)15-13-24-11-12-25(33-32(24)42-21-55-33)14-16-27-20-41-35(44-27)29-10-8-18-48(29)37(50)31(23(3)4)46-39(52)54-6/h11-12,19-23,28-31H,7-10,17-18H2,1-6H3,(H,40,43)(H,41,44)(H,45,51)(H,46,52)/t28-,29-,30-,31-/m0/s1. The largest absolute Gasteiger partial charge is 0.453 e. The Morgan fingerprint density at radius 3 is 1.69 bits per heavy atom. The van der Waals surface area contributed by atoms with Gasteiger partial charge in [0.15, 0.2) is 12.0 Å². The number of ether oxygens (including phenoxy) is 2. The van der Waals surface area contributed by atoms with Gasteiger partial charge in [-0.05, 0) is 61.5 Å². The molecule has 5 heterocycles. The quantitative estimate of drug-likeness (QED) is 0.190. The predicted molar refractivity (Wildman–Crippen MR) is 199 cm³/mol. The van der Waals surface area contributed by atoms with Crippen LogP contribution < -0.4 is 10.6 Å². The molecule has 3 aromatic heterocycles. The van der Waals surface area contributed by atoms with E-state index in [1.807, 2.05) is 39.8 Å². The van der Waals surface area contributed by atoms with E-state index in [-0.39, 0.29) is 35.7 Å². The van der Waals surface area contributed by atoms with Crippen LogP contribution in [-0.4, -0.2) is 98.1 Å². The molecule has 0 saturated carbocycles. The summed E-state index contributed by atoms with van der Waals surface area (Å²) in [7, 11) is 2.54. The number of methoxy groups -OCH3 is 2. The molecular weight excluding hydrogens is 706 g/mol. The zero-order valence-electron chi connectivity index (χ0n) is 31.7. The second-order valence-corrected chi connectivity index (χ2v) is 14.1. The first-order valence-electron chi connectivity index (χ1n) is 18.3. The Morgan fingerprint density at radius 1 is 0.745 bits per heavy atom. The average molecular weight is 752 g/mol. The fourth-order valence-electron chi connectivity index (χ4n) is 6.94. The van der Waals surface area contributed by atoms with Crippen molar-refractivity contribution in [2.75, 3.05) is 27.3 Å². The highest BCUT2D eigenvalue weighted by molar-refractivity contribution is 5.87. The lowest BCUT2D eigenvalue weighted by Crippen LogP contribution is -2.51. The van der Waals surface area contributed by atoms with Crippen LogP contribution in [0, 0.1) is 35.5 Å². The van der Waals surface area contributed by atoms with E-state index >= 15 is 0 Å². The normalized spacial score (nSPS) is 17.7. The van der Waals surface area contributed by atoms with Gasteiger partial charge in [0.1, 0.15) is 40.6 Å². The van der Waals surface area contributed by atoms with Crippen LogP contribution in [0.1, 0.15) is 99.6 Å². The van der Waals surface area contributed by atoms with Crippen molar-refractivity contribution in [3.05, 3.63) is 65.1 Å². The summed E-state index contributed by atoms with van der Waals surface area (Å²) in [4.78, 5) is 74.3. The number of fused-ring (bicyclic) bond motifs is 1. The lowest BCUT2D eigenvalue weighted by atomic mass is 10.0. The first-order valence-corrected chi connectivity index (χ1v) is 18.3. The summed E-state index contributed by atoms with van der Waals surface area (Å²) in [6.45, 7) is 8.59. The first-order chi connectivity index (χ1) is 26.5. The Hall–Kier alpha value is -6.29. The zero-order valence-corrected chi connectivity index (χ0v) is 31.7. The van der Waals surface area contributed by atoms with Gasteiger partial charge in [-0.2, -0.15) is 0 Å². The molecule has 0 bridgehead atoms. The molecule has 2 aliphatic rings. The Morgan fingerprint density at radius 2 is 1.22 bits per heavy atom. The van der Waals surface area contributed by atoms with Crippen molar-refractivity contribution in [2.45, 2.75) is 77.5 Å². The monoisotopic (exact) mass is 751 g/mol. The number of nitrogens with one attached hydrogen (secondary N) is 4. The molecule has 4 amide bonds. The van der Waals surface area contributed by atoms with E-state index in [1.54, 1.807) is 22.2 Å². The van der Waals surface area contributed by atoms with Crippen LogP contribution in [0.25, 0.3) is 11.1 Å². The first kappa shape index (κ1) is 38.4. The molecule has 16 heteroatoms. The molecule has 55 heavy (non-hydrogen) atoms. The summed E-state index contributed by atoms with van der Waals surface area (Å²) in [6, 6.07) is 1.64. The fourth-order valence-corrected chi connectivity index (χ4v) is 6.94. The van der Waals surface area contributed by atoms with Crippen LogP contribution in [0.15, 0.2) is 35.3 Å². The van der Waals surface area contributed by atoms with Gasteiger partial charge in [0.25, 0.3) is 0 Å². The zero-order chi connectivity index (χ0) is 39.2. The number of H-pyrrole nitrogens is 2. The second-order valence-electron chi connectivity index (χ2n) is 14.1. The summed E-state index contributed by atoms with van der Waals surface area (Å²) in [5.41, 5.74) is 3.41. The third-order valence-corrected chi connectivity index (χ3v) is 9.82. The predicted octanol–water partition coefficient (Wildman–Crippen LogP) is 4.16. The molecule has 4 atom stereocenters. The van der Waals surface area contributed by atoms with Gasteiger partial charge in [0.05, 0.1) is 49.8 Å². The van der Waals surface area contributed by atoms with Crippen molar-refractivity contribution >= 4 is 35.1 Å². The lowest BCUT2D eigenvalue weighted by molar-refractivity contribution is -0.136. The number of hydrogen-bond acceptors (Lipinski definition) is 10. The maximum atomic E-state index is 13.5. The number of amides is 4. The number of aromatic amines is 2. The smallest absolute Gasteiger partial charge is 0.407 e. The van der Waals surface area contributed by atoms with Crippen LogP contribution in [0.2, 0.25) is 0 Å². The Labute approximate surface area is 318 Å². The number of rotatable bonds is 8. The highest BCUT2D eigenvalue weighted by Gasteiger charge is 2.39. The number of likely N-dealkylation sites (tertiary alicyclic amines) is 2. The number of imidazole rings is 2. The number of benzene rings is 1. The SMILES string of the molecule is COC(=O)N[C@H](C(=O)N1CCC[C@H]1c1ncc(C#Cc2ccc(C#Cc3cnc([C@@H]4CCCN4C(=O)[C@@H](NC(=O)OC)C(C)C)[nH]3)c3ocnc23)[nH]1)C(C)C. The van der Waals surface area contributed by atoms with Crippen molar-refractivity contribution < 1.29 is 33.1 Å². The van der Waals surface area contributed by atoms with E-state index in [2.05, 4.69) is 59.2 Å². The molecule has 2 fully saturated rings. The highest BCUT2D eigenvalue weighted by Crippen LogP contribution is 2.33. The van der Waals surface area contributed by atoms with Crippen molar-refractivity contribution in [3.8, 4) is 23.7 Å². The summed E-state index contributed by atoms with van der Waals surface area (Å²) < 4.78 is 15.2. The Kier molecular flexibility index (Phi) is 11.7. The third kappa shape index (κ3) is 8.44. The van der Waals surface area contributed by atoms with Crippen LogP contribution in [0.5, 0.6) is 0 Å². The van der Waals surface area contributed by atoms with Gasteiger partial charge >= 0.3 is 12.2 Å². The lowest BCUT2D eigenvalue weighted by Gasteiger charge is -2.29. The van der Waals surface area contributed by atoms with E-state index in [9.17, 15) is 19.2 Å². The van der Waals surface area contributed by atoms with Crippen molar-refractivity contribution in [3.63, 3.8) is 0 Å². The fraction of sp³-hybridized carbons (Fsp3) is 0.462. The number of hydrogen-bond donors (Lipinski definition) is 4. The molecule has 2 saturated heterocycles. The molecule has 0 radical (unpaired) electrons. The topological polar surface area (TPSA) is 201 Å². The number of carbonyl (C=O) groups is 4. The minimum Gasteiger partial charge on any atom is -0.453 e. The van der Waals surface area contributed by atoms with Crippen LogP contribution in [0.4, 0.5) is 9.59 Å². The highest BCUT2D eigenvalue weighted by atomic mass is 16.5. The Balaban J connectivity index is 1.15. The molecule has 1 aromatic carbocycles. The molecule has 0 unspecified atom stereocenters. The van der Waals surface area contributed by atoms with Gasteiger partial charge in [-0.25, -0.2) is 24.5 Å². The third-order valence-electron chi connectivity index (χ3n) is 9.82. The van der Waals surface area contributed by atoms with Gasteiger partial charge in [-0.1, -0.05) is 39.5 Å². The van der Waals surface area contributed by atoms with E-state index in [1.165, 1.54) is 20.6 Å². The van der Waals surface area contributed by atoms with Crippen molar-refractivity contribution in [1.82, 2.24) is 45.4 Å². The van der Waals surface area contributed by atoms with Gasteiger partial charge in [0, 0.05) is 13.1 Å². The summed E-state index contributed by atoms with van der Waals surface area (Å²) in [6.07, 6.45) is 6.38. The molecule has 4 N–H and O–H groups in total. The number of aromatic nitrogens is 5. The van der Waals surface area contributed by atoms with Gasteiger partial charge in [-0.3, -0.25) is 9.59 Å². The number of alkyl carbamates (subject to hydrolysis) is 2. The summed E-state index contributed by atoms with van der Waals surface area (Å²) >= 11 is 0. The molecule has 0 aliphatic carbocycles. The number of carbonyl (C=O) groups excluding carboxylic acids is 4. The summed E-state index contributed by atoms with van der Waals surface area (Å²) in [5, 5.41) is 5.32. The average Bonchev–Trinajstić information content (AvgIpc) is 4.02. The van der Waals surface area contributed by atoms with Gasteiger partial charge in [-0.15, -0.1) is 0 Å². The van der Waals surface area contributed by atoms with Crippen LogP contribution in [0.3, 0.4) is 0 Å². The van der Waals surface area contributed by atoms with E-state index in [0.717, 1.165) is 25.7 Å². The summed E-state index contributed by atoms with van der Waals surface area (Å²) in [5.74, 6) is 13.1. The van der Waals surface area contributed by atoms with E-state index in [0.29, 0.717) is 58.4 Å². The number of oxazole rings is 1. The minimum absolute atomic E-state index is 0.135. The second kappa shape index (κ2) is 16.8. The Bertz CT molecular complexity index is 2030. The molecular formula is C39H45N9O7. The molecule has 0 spiro atoms. The minimum atomic E-state index is -0.724. The number of nitrogens with zero attached hydrogens (tertiary/aromatic N) is 5. The van der Waals surface area contributed by atoms with E-state index < -0.39 is 24.3 Å². The van der Waals surface area contributed by atoms with E-state index in [4.69, 9.17) is 13.9 Å². The maximum absolute atomic E-state index is 13.5. The molecule has 16 nitrogen and oxygen atoms in total. The van der Waals surface area contributed by atoms with Crippen LogP contribution >= 0.6 is 0 Å². The maximum Gasteiger partial charge on any atom is 0.407 e. The van der Waals surface area contributed by atoms with Crippen LogP contribution in [-0.2, 0) is 19.1 Å². The molecule has 6 rings (SSSR count).